The third kappa shape index (κ3) is 21.0. The molecule has 14 heterocycles. The normalized spacial score (nSPS) is 15.9. The molecule has 130 heavy (non-hydrogen) atoms. The van der Waals surface area contributed by atoms with Crippen LogP contribution >= 0.6 is 31.9 Å². The van der Waals surface area contributed by atoms with Gasteiger partial charge in [0.1, 0.15) is 23.3 Å². The molecule has 0 spiro atoms. The fourth-order valence-electron chi connectivity index (χ4n) is 14.4. The number of hydrogen-bond donors (Lipinski definition) is 4. The molecule has 0 aliphatic carbocycles. The first-order valence-corrected chi connectivity index (χ1v) is 48.7. The van der Waals surface area contributed by atoms with Gasteiger partial charge < -0.3 is 47.9 Å². The van der Waals surface area contributed by atoms with E-state index in [0.717, 1.165) is 150 Å². The molecular weight excluding hydrogens is 1850 g/mol. The van der Waals surface area contributed by atoms with Gasteiger partial charge in [-0.1, -0.05) is 40.2 Å². The molecular formula is C95H100B3Br2F4N11O12S3. The Morgan fingerprint density at radius 2 is 0.592 bits per heavy atom. The molecule has 4 aromatic carbocycles. The van der Waals surface area contributed by atoms with E-state index in [0.29, 0.717) is 33.4 Å². The highest BCUT2D eigenvalue weighted by atomic mass is 79.9. The molecule has 0 atom stereocenters. The van der Waals surface area contributed by atoms with Crippen molar-refractivity contribution in [3.8, 4) is 67.3 Å². The fraction of sp³-hybridized carbons (Fsp3) is 0.295. The number of hydrogen-bond acceptors (Lipinski definition) is 19. The number of fused-ring (bicyclic) bond motifs is 4. The predicted octanol–water partition coefficient (Wildman–Crippen LogP) is 21.1. The monoisotopic (exact) mass is 1950 g/mol. The number of aromatic amines is 4. The Hall–Kier alpha value is -10.4. The van der Waals surface area contributed by atoms with Gasteiger partial charge in [-0.05, 0) is 299 Å². The maximum absolute atomic E-state index is 13.8. The highest BCUT2D eigenvalue weighted by Crippen LogP contribution is 2.45. The summed E-state index contributed by atoms with van der Waals surface area (Å²) in [6, 6.07) is 36.5. The minimum absolute atomic E-state index is 0.0628. The molecule has 676 valence electrons. The van der Waals surface area contributed by atoms with Gasteiger partial charge >= 0.3 is 21.1 Å². The SMILES string of the molecule is CC1(C)OB(B2OC(C)(C)C(C)(C)O2)OC1(C)C.Cc1c(F)cncc1-c1cc2cc(B3OC(C)(C)C(C)(C)O3)ccc2[nH]1.Cc1c(F)cncc1-c1cc2cc(Br)ccc2[nH]1.Cc1cc(S(C)(=O)=O)ncc1-c1ccc2[nH]c(-c3cncc(F)c3C)cc2c1.Cc1cc(S(C)(=O)=O)ncc1-c1ccc2[nH]c(-c3cncc(F)c3C)cc2c1.Cc1cc(S(C)(=O)=O)ncc1Br. The molecule has 0 saturated carbocycles. The molecule has 11 aromatic heterocycles. The third-order valence-corrected chi connectivity index (χ3v) is 28.8. The van der Waals surface area contributed by atoms with Crippen LogP contribution in [-0.4, -0.2) is 154 Å². The van der Waals surface area contributed by atoms with Crippen LogP contribution in [0.25, 0.3) is 111 Å². The van der Waals surface area contributed by atoms with Gasteiger partial charge in [0.2, 0.25) is 0 Å². The van der Waals surface area contributed by atoms with Gasteiger partial charge in [0.25, 0.3) is 0 Å². The molecule has 35 heteroatoms. The molecule has 0 unspecified atom stereocenters. The topological polar surface area (TPSA) is 311 Å². The van der Waals surface area contributed by atoms with Crippen LogP contribution in [0.3, 0.4) is 0 Å². The van der Waals surface area contributed by atoms with Crippen LogP contribution in [0.5, 0.6) is 0 Å². The van der Waals surface area contributed by atoms with Crippen molar-refractivity contribution in [2.45, 2.75) is 180 Å². The molecule has 23 nitrogen and oxygen atoms in total. The first-order valence-electron chi connectivity index (χ1n) is 41.4. The second kappa shape index (κ2) is 37.0. The van der Waals surface area contributed by atoms with E-state index in [-0.39, 0.29) is 72.0 Å². The number of nitrogens with one attached hydrogen (secondary N) is 4. The molecule has 0 bridgehead atoms. The number of aromatic nitrogens is 11. The van der Waals surface area contributed by atoms with E-state index < -0.39 is 50.6 Å². The Kier molecular flexibility index (Phi) is 27.6. The minimum atomic E-state index is -3.35. The number of benzene rings is 4. The van der Waals surface area contributed by atoms with E-state index >= 15 is 0 Å². The lowest BCUT2D eigenvalue weighted by Crippen LogP contribution is -2.41. The highest BCUT2D eigenvalue weighted by molar-refractivity contribution is 9.10. The van der Waals surface area contributed by atoms with Crippen molar-refractivity contribution in [3.63, 3.8) is 0 Å². The van der Waals surface area contributed by atoms with Crippen molar-refractivity contribution in [1.82, 2.24) is 54.8 Å². The molecule has 4 N–H and O–H groups in total. The van der Waals surface area contributed by atoms with Crippen LogP contribution in [0.2, 0.25) is 0 Å². The summed E-state index contributed by atoms with van der Waals surface area (Å²) in [5.74, 6) is -1.28. The summed E-state index contributed by atoms with van der Waals surface area (Å²) < 4.78 is 162. The van der Waals surface area contributed by atoms with Crippen LogP contribution < -0.4 is 5.46 Å². The van der Waals surface area contributed by atoms with Crippen molar-refractivity contribution < 1.29 is 70.7 Å². The predicted molar refractivity (Wildman–Crippen MR) is 512 cm³/mol. The van der Waals surface area contributed by atoms with E-state index in [1.807, 2.05) is 195 Å². The number of halogens is 6. The Balaban J connectivity index is 0.000000136. The lowest BCUT2D eigenvalue weighted by atomic mass is 9.49. The van der Waals surface area contributed by atoms with E-state index in [4.69, 9.17) is 27.9 Å². The van der Waals surface area contributed by atoms with Crippen LogP contribution in [0.15, 0.2) is 207 Å². The van der Waals surface area contributed by atoms with Crippen LogP contribution in [0.1, 0.15) is 122 Å². The fourth-order valence-corrected chi connectivity index (χ4v) is 16.9. The second-order valence-electron chi connectivity index (χ2n) is 35.7. The standard InChI is InChI=1S/2C21H18FN3O2S.C20H22BFN2O2.C14H10BrFN2.C12H24B2O4.C7H8BrNO2S/c2*1-12-6-21(28(3,26)27)24-10-16(12)14-4-5-19-15(7-14)8-20(25-19)17-9-23-11-18(22)13(17)2;1-12-15(10-23-11-16(12)22)18-9-13-8-14(6-7-17(13)24-18)21-25-19(2,3)20(4,5)26-21;1-8-11(6-17-7-12(8)16)14-5-9-4-10(15)2-3-13(9)18-14;1-9(2)10(3,4)16-13(15-9)14-17-11(5,6)12(7,8)18-14;1-5-3-7(12(2,10)11)9-4-6(5)8/h2*4-11,25H,1-3H3;6-11,24H,1-5H3;2-7,18H,1H3;1-8H3;3-4H,1-2H3. The summed E-state index contributed by atoms with van der Waals surface area (Å²) in [4.78, 5) is 41.0. The Labute approximate surface area is 772 Å². The lowest BCUT2D eigenvalue weighted by Gasteiger charge is -2.32. The number of nitrogens with zero attached hydrogens (tertiary/aromatic N) is 7. The average Bonchev–Trinajstić information content (AvgIpc) is 1.64. The molecule has 3 saturated heterocycles. The molecule has 3 aliphatic rings. The molecule has 18 rings (SSSR count). The van der Waals surface area contributed by atoms with E-state index in [2.05, 4.69) is 92.8 Å². The van der Waals surface area contributed by atoms with E-state index in [1.54, 1.807) is 83.1 Å². The van der Waals surface area contributed by atoms with Crippen LogP contribution in [0.4, 0.5) is 17.6 Å². The molecule has 0 radical (unpaired) electrons. The second-order valence-corrected chi connectivity index (χ2v) is 43.3. The number of pyridine rings is 7. The first-order chi connectivity index (χ1) is 60.6. The molecule has 15 aromatic rings. The third-order valence-electron chi connectivity index (χ3n) is 24.5. The number of rotatable bonds is 11. The highest BCUT2D eigenvalue weighted by Gasteiger charge is 2.64. The Morgan fingerprint density at radius 1 is 0.315 bits per heavy atom. The Bertz CT molecular complexity index is 6970. The zero-order chi connectivity index (χ0) is 94.8. The van der Waals surface area contributed by atoms with Gasteiger partial charge in [0.15, 0.2) is 44.6 Å². The van der Waals surface area contributed by atoms with E-state index in [9.17, 15) is 42.8 Å². The van der Waals surface area contributed by atoms with Crippen molar-refractivity contribution in [2.75, 3.05) is 18.8 Å². The number of H-pyrrole nitrogens is 4. The summed E-state index contributed by atoms with van der Waals surface area (Å²) in [6.07, 6.45) is 19.6. The summed E-state index contributed by atoms with van der Waals surface area (Å²) in [7, 11) is -11.2. The van der Waals surface area contributed by atoms with Gasteiger partial charge in [-0.15, -0.1) is 0 Å². The zero-order valence-electron chi connectivity index (χ0n) is 76.1. The largest absolute Gasteiger partial charge is 0.494 e. The quantitative estimate of drug-likeness (QED) is 0.0690. The van der Waals surface area contributed by atoms with Crippen molar-refractivity contribution in [2.24, 2.45) is 0 Å². The van der Waals surface area contributed by atoms with Gasteiger partial charge in [-0.2, -0.15) is 0 Å². The summed E-state index contributed by atoms with van der Waals surface area (Å²) >= 11 is 6.68. The summed E-state index contributed by atoms with van der Waals surface area (Å²) in [5, 5.41) is 4.27. The molecule has 3 fully saturated rings. The zero-order valence-corrected chi connectivity index (χ0v) is 81.7. The van der Waals surface area contributed by atoms with Gasteiger partial charge in [-0.25, -0.2) is 57.8 Å². The van der Waals surface area contributed by atoms with Crippen molar-refractivity contribution >= 4 is 132 Å². The maximum atomic E-state index is 13.8. The van der Waals surface area contributed by atoms with Crippen molar-refractivity contribution in [1.29, 1.82) is 0 Å². The summed E-state index contributed by atoms with van der Waals surface area (Å²) in [5.41, 5.74) is 17.3. The van der Waals surface area contributed by atoms with Gasteiger partial charge in [0.05, 0.1) is 58.4 Å². The van der Waals surface area contributed by atoms with Crippen LogP contribution in [-0.2, 0) is 57.4 Å². The number of aryl methyl sites for hydroxylation is 3. The van der Waals surface area contributed by atoms with Gasteiger partial charge in [0, 0.05) is 165 Å². The minimum Gasteiger partial charge on any atom is -0.405 e. The summed E-state index contributed by atoms with van der Waals surface area (Å²) in [6.45, 7) is 36.9. The lowest BCUT2D eigenvalue weighted by molar-refractivity contribution is 0.00578. The van der Waals surface area contributed by atoms with Crippen molar-refractivity contribution in [3.05, 3.63) is 255 Å². The smallest absolute Gasteiger partial charge is 0.405 e. The maximum Gasteiger partial charge on any atom is 0.494 e. The molecule has 0 amide bonds. The molecule has 3 aliphatic heterocycles. The Morgan fingerprint density at radius 3 is 0.900 bits per heavy atom. The van der Waals surface area contributed by atoms with Gasteiger partial charge in [-0.3, -0.25) is 19.9 Å². The van der Waals surface area contributed by atoms with E-state index in [1.165, 1.54) is 31.0 Å². The average molecular weight is 1950 g/mol. The number of sulfone groups is 3. The first kappa shape index (κ1) is 97.1. The van der Waals surface area contributed by atoms with Crippen LogP contribution in [0, 0.1) is 71.7 Å².